The first kappa shape index (κ1) is 22.8. The molecule has 0 spiro atoms. The van der Waals surface area contributed by atoms with E-state index in [1.807, 2.05) is 0 Å². The number of nitrogens with one attached hydrogen (secondary N) is 2. The summed E-state index contributed by atoms with van der Waals surface area (Å²) in [5.74, 6) is -0.238. The summed E-state index contributed by atoms with van der Waals surface area (Å²) in [6.07, 6.45) is 0. The zero-order valence-corrected chi connectivity index (χ0v) is 19.1. The van der Waals surface area contributed by atoms with Crippen molar-refractivity contribution >= 4 is 47.6 Å². The van der Waals surface area contributed by atoms with Crippen molar-refractivity contribution in [2.75, 3.05) is 38.0 Å². The van der Waals surface area contributed by atoms with E-state index in [0.29, 0.717) is 31.9 Å². The number of hydrogen-bond donors (Lipinski definition) is 3. The van der Waals surface area contributed by atoms with Gasteiger partial charge in [0.1, 0.15) is 0 Å². The normalized spacial score (nSPS) is 16.3. The molecule has 3 rings (SSSR count). The molecule has 1 saturated heterocycles. The van der Waals surface area contributed by atoms with Gasteiger partial charge in [-0.3, -0.25) is 4.79 Å². The van der Waals surface area contributed by atoms with E-state index < -0.39 is 20.0 Å². The third-order valence-corrected chi connectivity index (χ3v) is 8.13. The largest absolute Gasteiger partial charge is 0.325 e. The van der Waals surface area contributed by atoms with Crippen LogP contribution in [-0.2, 0) is 24.8 Å². The topological polar surface area (TPSA) is 131 Å². The van der Waals surface area contributed by atoms with Gasteiger partial charge < -0.3 is 10.2 Å². The maximum atomic E-state index is 12.7. The molecular formula is C18H22BrN4O5S2+. The lowest BCUT2D eigenvalue weighted by molar-refractivity contribution is -0.895. The average molecular weight is 518 g/mol. The third-order valence-electron chi connectivity index (χ3n) is 4.76. The molecule has 4 N–H and O–H groups in total. The van der Waals surface area contributed by atoms with Gasteiger partial charge in [0.2, 0.25) is 20.0 Å². The second-order valence-electron chi connectivity index (χ2n) is 6.90. The predicted molar refractivity (Wildman–Crippen MR) is 115 cm³/mol. The van der Waals surface area contributed by atoms with Crippen molar-refractivity contribution in [2.45, 2.75) is 9.79 Å². The molecule has 12 heteroatoms. The number of piperazine rings is 1. The number of anilines is 1. The number of nitrogens with zero attached hydrogens (tertiary/aromatic N) is 1. The molecule has 30 heavy (non-hydrogen) atoms. The number of rotatable bonds is 6. The Morgan fingerprint density at radius 1 is 0.967 bits per heavy atom. The van der Waals surface area contributed by atoms with Gasteiger partial charge in [0.15, 0.2) is 6.54 Å². The van der Waals surface area contributed by atoms with Crippen LogP contribution >= 0.6 is 15.9 Å². The van der Waals surface area contributed by atoms with Crippen LogP contribution in [0.15, 0.2) is 62.8 Å². The van der Waals surface area contributed by atoms with Crippen LogP contribution in [0, 0.1) is 0 Å². The van der Waals surface area contributed by atoms with Crippen LogP contribution < -0.4 is 15.4 Å². The summed E-state index contributed by atoms with van der Waals surface area (Å²) in [5.41, 5.74) is 0.461. The van der Waals surface area contributed by atoms with Crippen molar-refractivity contribution in [2.24, 2.45) is 5.14 Å². The van der Waals surface area contributed by atoms with Gasteiger partial charge in [-0.1, -0.05) is 15.9 Å². The molecule has 2 aromatic carbocycles. The summed E-state index contributed by atoms with van der Waals surface area (Å²) in [4.78, 5) is 13.5. The van der Waals surface area contributed by atoms with Crippen molar-refractivity contribution in [1.29, 1.82) is 0 Å². The molecule has 1 aliphatic heterocycles. The standard InChI is InChI=1S/C18H21BrN4O5S2/c19-14-1-5-17(6-2-14)30(27,28)23-11-9-22(10-12-23)13-18(24)21-15-3-7-16(8-4-15)29(20,25)26/h1-8H,9-13H2,(H,21,24)(H2,20,25,26)/p+1. The van der Waals surface area contributed by atoms with Crippen LogP contribution in [-0.4, -0.2) is 59.8 Å². The highest BCUT2D eigenvalue weighted by Gasteiger charge is 2.31. The summed E-state index contributed by atoms with van der Waals surface area (Å²) >= 11 is 3.29. The van der Waals surface area contributed by atoms with E-state index in [1.165, 1.54) is 28.6 Å². The summed E-state index contributed by atoms with van der Waals surface area (Å²) in [7, 11) is -7.34. The summed E-state index contributed by atoms with van der Waals surface area (Å²) in [6, 6.07) is 12.1. The van der Waals surface area contributed by atoms with Gasteiger partial charge in [-0.05, 0) is 48.5 Å². The number of primary sulfonamides is 1. The molecule has 9 nitrogen and oxygen atoms in total. The number of carbonyl (C=O) groups excluding carboxylic acids is 1. The molecule has 1 fully saturated rings. The fraction of sp³-hybridized carbons (Fsp3) is 0.278. The molecule has 1 amide bonds. The number of hydrogen-bond acceptors (Lipinski definition) is 5. The number of benzene rings is 2. The Morgan fingerprint density at radius 2 is 1.50 bits per heavy atom. The quantitative estimate of drug-likeness (QED) is 0.480. The van der Waals surface area contributed by atoms with Gasteiger partial charge in [0.05, 0.1) is 36.0 Å². The van der Waals surface area contributed by atoms with Gasteiger partial charge in [-0.15, -0.1) is 0 Å². The van der Waals surface area contributed by atoms with Crippen molar-refractivity contribution in [3.63, 3.8) is 0 Å². The Hall–Kier alpha value is -1.83. The summed E-state index contributed by atoms with van der Waals surface area (Å²) in [5, 5.41) is 7.76. The van der Waals surface area contributed by atoms with Crippen LogP contribution in [0.2, 0.25) is 0 Å². The highest BCUT2D eigenvalue weighted by molar-refractivity contribution is 9.10. The Morgan fingerprint density at radius 3 is 2.03 bits per heavy atom. The lowest BCUT2D eigenvalue weighted by atomic mass is 10.3. The monoisotopic (exact) mass is 517 g/mol. The minimum Gasteiger partial charge on any atom is -0.325 e. The van der Waals surface area contributed by atoms with Crippen molar-refractivity contribution in [1.82, 2.24) is 4.31 Å². The van der Waals surface area contributed by atoms with Gasteiger partial charge in [-0.25, -0.2) is 22.0 Å². The third kappa shape index (κ3) is 5.65. The minimum absolute atomic E-state index is 0.0331. The molecule has 2 aromatic rings. The first-order chi connectivity index (χ1) is 14.1. The molecule has 0 atom stereocenters. The van der Waals surface area contributed by atoms with E-state index in [2.05, 4.69) is 21.2 Å². The fourth-order valence-corrected chi connectivity index (χ4v) is 5.36. The molecule has 1 heterocycles. The molecule has 0 radical (unpaired) electrons. The molecule has 0 unspecified atom stereocenters. The lowest BCUT2D eigenvalue weighted by Gasteiger charge is -2.31. The van der Waals surface area contributed by atoms with Gasteiger partial charge in [0.25, 0.3) is 5.91 Å². The Labute approximate surface area is 184 Å². The number of halogens is 1. The van der Waals surface area contributed by atoms with E-state index in [1.54, 1.807) is 24.3 Å². The Bertz CT molecular complexity index is 1110. The zero-order valence-electron chi connectivity index (χ0n) is 15.9. The predicted octanol–water partition coefficient (Wildman–Crippen LogP) is -0.376. The van der Waals surface area contributed by atoms with Crippen LogP contribution in [0.3, 0.4) is 0 Å². The van der Waals surface area contributed by atoms with Crippen LogP contribution in [0.4, 0.5) is 5.69 Å². The molecule has 0 aliphatic carbocycles. The second kappa shape index (κ2) is 9.12. The van der Waals surface area contributed by atoms with Gasteiger partial charge in [0, 0.05) is 10.2 Å². The molecule has 0 aromatic heterocycles. The molecular weight excluding hydrogens is 496 g/mol. The smallest absolute Gasteiger partial charge is 0.279 e. The SMILES string of the molecule is NS(=O)(=O)c1ccc(NC(=O)C[NH+]2CCN(S(=O)(=O)c3ccc(Br)cc3)CC2)cc1. The van der Waals surface area contributed by atoms with E-state index in [-0.39, 0.29) is 22.2 Å². The number of quaternary nitrogens is 1. The molecule has 162 valence electrons. The number of amides is 1. The first-order valence-corrected chi connectivity index (χ1v) is 12.9. The fourth-order valence-electron chi connectivity index (χ4n) is 3.14. The van der Waals surface area contributed by atoms with E-state index in [0.717, 1.165) is 9.37 Å². The van der Waals surface area contributed by atoms with Crippen LogP contribution in [0.1, 0.15) is 0 Å². The molecule has 1 aliphatic rings. The summed E-state index contributed by atoms with van der Waals surface area (Å²) in [6.45, 7) is 1.85. The van der Waals surface area contributed by atoms with E-state index in [9.17, 15) is 21.6 Å². The molecule has 0 bridgehead atoms. The first-order valence-electron chi connectivity index (χ1n) is 9.08. The van der Waals surface area contributed by atoms with Crippen LogP contribution in [0.5, 0.6) is 0 Å². The number of nitrogens with two attached hydrogens (primary N) is 1. The van der Waals surface area contributed by atoms with Gasteiger partial charge in [-0.2, -0.15) is 4.31 Å². The Balaban J connectivity index is 1.53. The van der Waals surface area contributed by atoms with Crippen LogP contribution in [0.25, 0.3) is 0 Å². The maximum absolute atomic E-state index is 12.7. The zero-order chi connectivity index (χ0) is 21.9. The maximum Gasteiger partial charge on any atom is 0.279 e. The number of sulfonamides is 2. The second-order valence-corrected chi connectivity index (χ2v) is 11.3. The van der Waals surface area contributed by atoms with E-state index >= 15 is 0 Å². The van der Waals surface area contributed by atoms with Crippen molar-refractivity contribution in [3.8, 4) is 0 Å². The lowest BCUT2D eigenvalue weighted by Crippen LogP contribution is -3.15. The van der Waals surface area contributed by atoms with Gasteiger partial charge >= 0.3 is 0 Å². The Kier molecular flexibility index (Phi) is 6.95. The minimum atomic E-state index is -3.78. The highest BCUT2D eigenvalue weighted by Crippen LogP contribution is 2.18. The molecule has 0 saturated carbocycles. The van der Waals surface area contributed by atoms with Crippen molar-refractivity contribution < 1.29 is 26.5 Å². The summed E-state index contributed by atoms with van der Waals surface area (Å²) < 4.78 is 50.3. The van der Waals surface area contributed by atoms with E-state index in [4.69, 9.17) is 5.14 Å². The van der Waals surface area contributed by atoms with Crippen molar-refractivity contribution in [3.05, 3.63) is 53.0 Å². The highest BCUT2D eigenvalue weighted by atomic mass is 79.9. The average Bonchev–Trinajstić information content (AvgIpc) is 2.68. The number of carbonyl (C=O) groups is 1.